The first-order valence-electron chi connectivity index (χ1n) is 7.42. The zero-order valence-corrected chi connectivity index (χ0v) is 12.2. The highest BCUT2D eigenvalue weighted by Gasteiger charge is 2.27. The molecule has 1 aromatic carbocycles. The molecule has 5 nitrogen and oxygen atoms in total. The predicted octanol–water partition coefficient (Wildman–Crippen LogP) is 1.64. The number of rotatable bonds is 4. The first-order valence-corrected chi connectivity index (χ1v) is 7.42. The maximum absolute atomic E-state index is 12.4. The molecule has 0 fully saturated rings. The van der Waals surface area contributed by atoms with Crippen LogP contribution in [0.2, 0.25) is 0 Å². The lowest BCUT2D eigenvalue weighted by molar-refractivity contribution is 0.0695. The van der Waals surface area contributed by atoms with Crippen molar-refractivity contribution in [2.24, 2.45) is 0 Å². The van der Waals surface area contributed by atoms with E-state index in [2.05, 4.69) is 12.1 Å². The highest BCUT2D eigenvalue weighted by Crippen LogP contribution is 2.19. The van der Waals surface area contributed by atoms with Gasteiger partial charge in [-0.2, -0.15) is 0 Å². The zero-order valence-electron chi connectivity index (χ0n) is 12.2. The van der Waals surface area contributed by atoms with Gasteiger partial charge in [0.2, 0.25) is 5.43 Å². The van der Waals surface area contributed by atoms with E-state index in [-0.39, 0.29) is 11.6 Å². The minimum absolute atomic E-state index is 0.110. The van der Waals surface area contributed by atoms with E-state index in [0.717, 1.165) is 12.8 Å². The van der Waals surface area contributed by atoms with E-state index in [1.54, 1.807) is 15.7 Å². The fourth-order valence-corrected chi connectivity index (χ4v) is 2.79. The summed E-state index contributed by atoms with van der Waals surface area (Å²) >= 11 is 0. The van der Waals surface area contributed by atoms with E-state index in [4.69, 9.17) is 0 Å². The van der Waals surface area contributed by atoms with Crippen LogP contribution in [-0.2, 0) is 13.0 Å². The number of amides is 1. The zero-order chi connectivity index (χ0) is 15.5. The second-order valence-electron chi connectivity index (χ2n) is 5.45. The van der Waals surface area contributed by atoms with Crippen LogP contribution < -0.4 is 5.43 Å². The third-order valence-electron chi connectivity index (χ3n) is 3.99. The van der Waals surface area contributed by atoms with Gasteiger partial charge in [-0.05, 0) is 18.4 Å². The molecule has 2 aromatic rings. The molecule has 1 aliphatic rings. The number of pyridine rings is 1. The number of benzene rings is 1. The molecule has 1 aliphatic heterocycles. The Hall–Kier alpha value is -2.56. The van der Waals surface area contributed by atoms with Crippen molar-refractivity contribution in [3.05, 3.63) is 64.1 Å². The number of aromatic hydroxyl groups is 1. The average molecular weight is 298 g/mol. The van der Waals surface area contributed by atoms with Crippen molar-refractivity contribution >= 4 is 5.91 Å². The van der Waals surface area contributed by atoms with Gasteiger partial charge in [-0.25, -0.2) is 0 Å². The highest BCUT2D eigenvalue weighted by atomic mass is 16.3. The molecule has 1 N–H and O–H groups in total. The van der Waals surface area contributed by atoms with E-state index in [0.29, 0.717) is 19.6 Å². The lowest BCUT2D eigenvalue weighted by Gasteiger charge is -2.30. The molecular weight excluding hydrogens is 280 g/mol. The summed E-state index contributed by atoms with van der Waals surface area (Å²) in [6.07, 6.45) is 3.32. The van der Waals surface area contributed by atoms with Crippen LogP contribution in [0.25, 0.3) is 0 Å². The second-order valence-corrected chi connectivity index (χ2v) is 5.45. The molecule has 0 aliphatic carbocycles. The summed E-state index contributed by atoms with van der Waals surface area (Å²) in [4.78, 5) is 25.7. The van der Waals surface area contributed by atoms with Crippen molar-refractivity contribution < 1.29 is 9.90 Å². The normalized spacial score (nSPS) is 14.0. The predicted molar refractivity (Wildman–Crippen MR) is 83.0 cm³/mol. The van der Waals surface area contributed by atoms with Crippen molar-refractivity contribution in [1.29, 1.82) is 0 Å². The van der Waals surface area contributed by atoms with Crippen LogP contribution in [0.1, 0.15) is 22.5 Å². The number of nitrogens with zero attached hydrogens (tertiary/aromatic N) is 2. The van der Waals surface area contributed by atoms with Crippen molar-refractivity contribution in [1.82, 2.24) is 9.47 Å². The largest absolute Gasteiger partial charge is 0.503 e. The van der Waals surface area contributed by atoms with Crippen molar-refractivity contribution in [3.8, 4) is 5.75 Å². The van der Waals surface area contributed by atoms with Crippen LogP contribution in [0.15, 0.2) is 47.4 Å². The molecule has 3 rings (SSSR count). The van der Waals surface area contributed by atoms with E-state index in [1.807, 2.05) is 18.2 Å². The molecule has 0 atom stereocenters. The summed E-state index contributed by atoms with van der Waals surface area (Å²) in [5.41, 5.74) is 0.843. The van der Waals surface area contributed by atoms with Gasteiger partial charge >= 0.3 is 0 Å². The fourth-order valence-electron chi connectivity index (χ4n) is 2.79. The molecular formula is C17H18N2O3. The van der Waals surface area contributed by atoms with E-state index in [9.17, 15) is 14.7 Å². The molecule has 0 saturated carbocycles. The quantitative estimate of drug-likeness (QED) is 0.933. The van der Waals surface area contributed by atoms with Crippen LogP contribution in [0.3, 0.4) is 0 Å². The number of aromatic nitrogens is 1. The van der Waals surface area contributed by atoms with Crippen molar-refractivity contribution in [2.45, 2.75) is 19.4 Å². The van der Waals surface area contributed by atoms with Gasteiger partial charge in [0.15, 0.2) is 11.4 Å². The number of hydrogen-bond donors (Lipinski definition) is 1. The van der Waals surface area contributed by atoms with Gasteiger partial charge < -0.3 is 14.6 Å². The minimum atomic E-state index is -0.509. The van der Waals surface area contributed by atoms with Gasteiger partial charge in [0.1, 0.15) is 0 Å². The first-order chi connectivity index (χ1) is 10.7. The molecule has 5 heteroatoms. The third-order valence-corrected chi connectivity index (χ3v) is 3.99. The highest BCUT2D eigenvalue weighted by molar-refractivity contribution is 5.95. The van der Waals surface area contributed by atoms with Crippen molar-refractivity contribution in [3.63, 3.8) is 0 Å². The smallest absolute Gasteiger partial charge is 0.274 e. The monoisotopic (exact) mass is 298 g/mol. The Kier molecular flexibility index (Phi) is 3.96. The number of fused-ring (bicyclic) bond motifs is 1. The molecule has 0 spiro atoms. The summed E-state index contributed by atoms with van der Waals surface area (Å²) in [5, 5.41) is 9.85. The van der Waals surface area contributed by atoms with Crippen LogP contribution in [-0.4, -0.2) is 33.6 Å². The number of aryl methyl sites for hydroxylation is 1. The SMILES string of the molecule is O=C1c2c(O)c(=O)ccn2CCN1CCCc1ccccc1. The Balaban J connectivity index is 1.68. The summed E-state index contributed by atoms with van der Waals surface area (Å²) in [5.74, 6) is -0.713. The Morgan fingerprint density at radius 3 is 2.59 bits per heavy atom. The molecule has 0 radical (unpaired) electrons. The molecule has 22 heavy (non-hydrogen) atoms. The van der Waals surface area contributed by atoms with Crippen LogP contribution in [0.4, 0.5) is 0 Å². The van der Waals surface area contributed by atoms with E-state index < -0.39 is 11.2 Å². The molecule has 1 aromatic heterocycles. The third kappa shape index (κ3) is 2.74. The minimum Gasteiger partial charge on any atom is -0.503 e. The maximum atomic E-state index is 12.4. The molecule has 114 valence electrons. The molecule has 1 amide bonds. The number of hydrogen-bond acceptors (Lipinski definition) is 3. The Morgan fingerprint density at radius 2 is 1.82 bits per heavy atom. The Bertz CT molecular complexity index is 737. The summed E-state index contributed by atoms with van der Waals surface area (Å²) in [6, 6.07) is 11.4. The topological polar surface area (TPSA) is 62.5 Å². The van der Waals surface area contributed by atoms with Gasteiger partial charge in [0.05, 0.1) is 0 Å². The van der Waals surface area contributed by atoms with Gasteiger partial charge in [-0.15, -0.1) is 0 Å². The van der Waals surface area contributed by atoms with Gasteiger partial charge in [0.25, 0.3) is 5.91 Å². The Morgan fingerprint density at radius 1 is 1.05 bits per heavy atom. The van der Waals surface area contributed by atoms with Crippen LogP contribution >= 0.6 is 0 Å². The maximum Gasteiger partial charge on any atom is 0.274 e. The molecule has 2 heterocycles. The second kappa shape index (κ2) is 6.05. The van der Waals surface area contributed by atoms with Crippen LogP contribution in [0, 0.1) is 0 Å². The first kappa shape index (κ1) is 14.4. The van der Waals surface area contributed by atoms with Gasteiger partial charge in [-0.1, -0.05) is 30.3 Å². The van der Waals surface area contributed by atoms with E-state index >= 15 is 0 Å². The fraction of sp³-hybridized carbons (Fsp3) is 0.294. The molecule has 0 unspecified atom stereocenters. The number of carbonyl (C=O) groups is 1. The summed E-state index contributed by atoms with van der Waals surface area (Å²) in [7, 11) is 0. The number of carbonyl (C=O) groups excluding carboxylic acids is 1. The lowest BCUT2D eigenvalue weighted by Crippen LogP contribution is -2.42. The Labute approximate surface area is 128 Å². The lowest BCUT2D eigenvalue weighted by atomic mass is 10.1. The summed E-state index contributed by atoms with van der Waals surface area (Å²) in [6.45, 7) is 1.82. The molecule has 0 bridgehead atoms. The van der Waals surface area contributed by atoms with Gasteiger partial charge in [-0.3, -0.25) is 9.59 Å². The van der Waals surface area contributed by atoms with Crippen molar-refractivity contribution in [2.75, 3.05) is 13.1 Å². The van der Waals surface area contributed by atoms with Gasteiger partial charge in [0, 0.05) is 31.9 Å². The standard InChI is InChI=1S/C17H18N2O3/c20-14-8-10-18-11-12-19(17(22)15(18)16(14)21)9-4-7-13-5-2-1-3-6-13/h1-3,5-6,8,10,21H,4,7,9,11-12H2. The average Bonchev–Trinajstić information content (AvgIpc) is 2.54. The van der Waals surface area contributed by atoms with E-state index in [1.165, 1.54) is 11.6 Å². The van der Waals surface area contributed by atoms with Crippen LogP contribution in [0.5, 0.6) is 5.75 Å². The molecule has 0 saturated heterocycles. The summed E-state index contributed by atoms with van der Waals surface area (Å²) < 4.78 is 1.65.